The fraction of sp³-hybridized carbons (Fsp3) is 0.444. The van der Waals surface area contributed by atoms with Crippen molar-refractivity contribution in [2.75, 3.05) is 13.1 Å². The summed E-state index contributed by atoms with van der Waals surface area (Å²) < 4.78 is 1.92. The van der Waals surface area contributed by atoms with Gasteiger partial charge in [0.15, 0.2) is 5.69 Å². The number of fused-ring (bicyclic) bond motifs is 1. The second kappa shape index (κ2) is 9.87. The van der Waals surface area contributed by atoms with Crippen LogP contribution in [0.25, 0.3) is 0 Å². The van der Waals surface area contributed by atoms with Crippen molar-refractivity contribution in [3.05, 3.63) is 82.9 Å². The first kappa shape index (κ1) is 21.8. The number of benzene rings is 1. The van der Waals surface area contributed by atoms with E-state index in [2.05, 4.69) is 50.6 Å². The van der Waals surface area contributed by atoms with E-state index < -0.39 is 0 Å². The first-order chi connectivity index (χ1) is 16.2. The summed E-state index contributed by atoms with van der Waals surface area (Å²) in [6, 6.07) is 15.2. The van der Waals surface area contributed by atoms with E-state index in [4.69, 9.17) is 0 Å². The predicted molar refractivity (Wildman–Crippen MR) is 129 cm³/mol. The van der Waals surface area contributed by atoms with Crippen LogP contribution in [0.5, 0.6) is 0 Å². The Bertz CT molecular complexity index is 1070. The molecule has 172 valence electrons. The number of amides is 1. The van der Waals surface area contributed by atoms with Gasteiger partial charge in [0.2, 0.25) is 0 Å². The van der Waals surface area contributed by atoms with Crippen LogP contribution in [0.3, 0.4) is 0 Å². The molecule has 6 heteroatoms. The SMILES string of the molecule is Cn1nc(C(=O)NCc2ccncc2)c2c1CCC(N1CCC(Cc3ccccc3)CC1)C2. The highest BCUT2D eigenvalue weighted by Crippen LogP contribution is 2.30. The number of aryl methyl sites for hydroxylation is 1. The standard InChI is InChI=1S/C27H33N5O/c1-31-25-8-7-23(32-15-11-21(12-16-32)17-20-5-3-2-4-6-20)18-24(25)26(30-31)27(33)29-19-22-9-13-28-14-10-22/h2-6,9-10,13-14,21,23H,7-8,11-12,15-19H2,1H3,(H,29,33). The maximum Gasteiger partial charge on any atom is 0.272 e. The second-order valence-electron chi connectivity index (χ2n) is 9.50. The first-order valence-corrected chi connectivity index (χ1v) is 12.2. The van der Waals surface area contributed by atoms with Crippen LogP contribution in [0.15, 0.2) is 54.9 Å². The molecule has 6 nitrogen and oxygen atoms in total. The molecule has 0 radical (unpaired) electrons. The maximum absolute atomic E-state index is 13.0. The van der Waals surface area contributed by atoms with Gasteiger partial charge in [0, 0.05) is 43.3 Å². The Labute approximate surface area is 196 Å². The van der Waals surface area contributed by atoms with Gasteiger partial charge in [-0.15, -0.1) is 0 Å². The number of nitrogens with one attached hydrogen (secondary N) is 1. The van der Waals surface area contributed by atoms with Crippen molar-refractivity contribution in [2.45, 2.75) is 51.1 Å². The minimum absolute atomic E-state index is 0.0779. The lowest BCUT2D eigenvalue weighted by atomic mass is 9.86. The van der Waals surface area contributed by atoms with Gasteiger partial charge in [-0.2, -0.15) is 5.10 Å². The molecule has 0 saturated carbocycles. The number of hydrogen-bond acceptors (Lipinski definition) is 4. The number of aromatic nitrogens is 3. The van der Waals surface area contributed by atoms with Crippen LogP contribution in [-0.2, 0) is 32.9 Å². The maximum atomic E-state index is 13.0. The lowest BCUT2D eigenvalue weighted by Gasteiger charge is -2.39. The quantitative estimate of drug-likeness (QED) is 0.633. The summed E-state index contributed by atoms with van der Waals surface area (Å²) in [6.07, 6.45) is 10.3. The molecular formula is C27H33N5O. The molecule has 33 heavy (non-hydrogen) atoms. The number of carbonyl (C=O) groups is 1. The highest BCUT2D eigenvalue weighted by molar-refractivity contribution is 5.94. The monoisotopic (exact) mass is 443 g/mol. The Morgan fingerprint density at radius 2 is 1.79 bits per heavy atom. The summed E-state index contributed by atoms with van der Waals surface area (Å²) in [5.41, 5.74) is 5.47. The van der Waals surface area contributed by atoms with Gasteiger partial charge in [-0.25, -0.2) is 0 Å². The fourth-order valence-electron chi connectivity index (χ4n) is 5.50. The molecule has 2 aliphatic rings. The Hall–Kier alpha value is -2.99. The average Bonchev–Trinajstić information content (AvgIpc) is 3.20. The number of likely N-dealkylation sites (tertiary alicyclic amines) is 1. The number of rotatable bonds is 6. The summed E-state index contributed by atoms with van der Waals surface area (Å²) in [6.45, 7) is 2.80. The third-order valence-electron chi connectivity index (χ3n) is 7.38. The lowest BCUT2D eigenvalue weighted by Crippen LogP contribution is -2.44. The van der Waals surface area contributed by atoms with Crippen molar-refractivity contribution in [1.82, 2.24) is 25.0 Å². The molecule has 3 aromatic rings. The molecule has 1 fully saturated rings. The van der Waals surface area contributed by atoms with Crippen LogP contribution in [-0.4, -0.2) is 44.7 Å². The molecule has 1 atom stereocenters. The third kappa shape index (κ3) is 5.01. The Kier molecular flexibility index (Phi) is 6.53. The Balaban J connectivity index is 1.20. The van der Waals surface area contributed by atoms with E-state index in [9.17, 15) is 4.79 Å². The van der Waals surface area contributed by atoms with E-state index in [1.165, 1.54) is 30.5 Å². The molecule has 1 unspecified atom stereocenters. The Morgan fingerprint density at radius 1 is 1.03 bits per heavy atom. The van der Waals surface area contributed by atoms with Crippen LogP contribution in [0.4, 0.5) is 0 Å². The summed E-state index contributed by atoms with van der Waals surface area (Å²) in [4.78, 5) is 19.7. The largest absolute Gasteiger partial charge is 0.347 e. The summed E-state index contributed by atoms with van der Waals surface area (Å²) in [5, 5.41) is 7.66. The van der Waals surface area contributed by atoms with E-state index in [0.717, 1.165) is 49.4 Å². The summed E-state index contributed by atoms with van der Waals surface area (Å²) >= 11 is 0. The van der Waals surface area contributed by atoms with E-state index in [0.29, 0.717) is 18.3 Å². The van der Waals surface area contributed by atoms with Crippen molar-refractivity contribution in [3.63, 3.8) is 0 Å². The van der Waals surface area contributed by atoms with E-state index in [1.54, 1.807) is 12.4 Å². The van der Waals surface area contributed by atoms with Crippen molar-refractivity contribution in [2.24, 2.45) is 13.0 Å². The van der Waals surface area contributed by atoms with Gasteiger partial charge in [-0.1, -0.05) is 30.3 Å². The van der Waals surface area contributed by atoms with Gasteiger partial charge in [0.1, 0.15) is 0 Å². The molecule has 1 aromatic carbocycles. The van der Waals surface area contributed by atoms with E-state index >= 15 is 0 Å². The molecule has 1 saturated heterocycles. The molecule has 2 aromatic heterocycles. The van der Waals surface area contributed by atoms with Crippen LogP contribution in [0.1, 0.15) is 52.1 Å². The van der Waals surface area contributed by atoms with Crippen molar-refractivity contribution in [3.8, 4) is 0 Å². The average molecular weight is 444 g/mol. The topological polar surface area (TPSA) is 63.1 Å². The number of carbonyl (C=O) groups excluding carboxylic acids is 1. The first-order valence-electron chi connectivity index (χ1n) is 12.2. The van der Waals surface area contributed by atoms with Gasteiger partial charge in [0.25, 0.3) is 5.91 Å². The van der Waals surface area contributed by atoms with Crippen molar-refractivity contribution < 1.29 is 4.79 Å². The van der Waals surface area contributed by atoms with Crippen LogP contribution < -0.4 is 5.32 Å². The third-order valence-corrected chi connectivity index (χ3v) is 7.38. The number of hydrogen-bond donors (Lipinski definition) is 1. The summed E-state index contributed by atoms with van der Waals surface area (Å²) in [5.74, 6) is 0.696. The number of nitrogens with zero attached hydrogens (tertiary/aromatic N) is 4. The minimum atomic E-state index is -0.0779. The number of pyridine rings is 1. The fourth-order valence-corrected chi connectivity index (χ4v) is 5.50. The van der Waals surface area contributed by atoms with Gasteiger partial charge in [-0.05, 0) is 80.8 Å². The Morgan fingerprint density at radius 3 is 2.55 bits per heavy atom. The zero-order chi connectivity index (χ0) is 22.6. The zero-order valence-electron chi connectivity index (χ0n) is 19.4. The minimum Gasteiger partial charge on any atom is -0.347 e. The normalized spacial score (nSPS) is 19.2. The van der Waals surface area contributed by atoms with E-state index in [1.807, 2.05) is 23.9 Å². The van der Waals surface area contributed by atoms with Gasteiger partial charge < -0.3 is 10.2 Å². The van der Waals surface area contributed by atoms with Gasteiger partial charge in [0.05, 0.1) is 0 Å². The smallest absolute Gasteiger partial charge is 0.272 e. The molecule has 0 spiro atoms. The number of piperidine rings is 1. The van der Waals surface area contributed by atoms with Gasteiger partial charge >= 0.3 is 0 Å². The molecule has 1 aliphatic heterocycles. The van der Waals surface area contributed by atoms with Gasteiger partial charge in [-0.3, -0.25) is 14.5 Å². The predicted octanol–water partition coefficient (Wildman–Crippen LogP) is 3.56. The van der Waals surface area contributed by atoms with Crippen molar-refractivity contribution >= 4 is 5.91 Å². The summed E-state index contributed by atoms with van der Waals surface area (Å²) in [7, 11) is 1.97. The highest BCUT2D eigenvalue weighted by atomic mass is 16.1. The highest BCUT2D eigenvalue weighted by Gasteiger charge is 2.32. The molecule has 3 heterocycles. The molecule has 1 N–H and O–H groups in total. The molecule has 1 aliphatic carbocycles. The van der Waals surface area contributed by atoms with Crippen LogP contribution >= 0.6 is 0 Å². The molecule has 0 bridgehead atoms. The molecule has 5 rings (SSSR count). The molecular weight excluding hydrogens is 410 g/mol. The van der Waals surface area contributed by atoms with Crippen LogP contribution in [0.2, 0.25) is 0 Å². The zero-order valence-corrected chi connectivity index (χ0v) is 19.4. The lowest BCUT2D eigenvalue weighted by molar-refractivity contribution is 0.0942. The van der Waals surface area contributed by atoms with Crippen LogP contribution in [0, 0.1) is 5.92 Å². The molecule has 1 amide bonds. The van der Waals surface area contributed by atoms with Crippen molar-refractivity contribution in [1.29, 1.82) is 0 Å². The van der Waals surface area contributed by atoms with E-state index in [-0.39, 0.29) is 5.91 Å². The second-order valence-corrected chi connectivity index (χ2v) is 9.50.